The SMILES string of the molecule is c1ccc(-c2sc(-c3ccccc3)c3cc4cnncc4cc23)cc1. The van der Waals surface area contributed by atoms with E-state index in [2.05, 4.69) is 83.0 Å². The van der Waals surface area contributed by atoms with Crippen LogP contribution in [-0.4, -0.2) is 10.2 Å². The maximum Gasteiger partial charge on any atom is 0.0574 e. The van der Waals surface area contributed by atoms with E-state index in [4.69, 9.17) is 0 Å². The van der Waals surface area contributed by atoms with Crippen LogP contribution in [-0.2, 0) is 0 Å². The van der Waals surface area contributed by atoms with Gasteiger partial charge in [-0.25, -0.2) is 0 Å². The molecule has 0 saturated heterocycles. The van der Waals surface area contributed by atoms with Gasteiger partial charge in [0.15, 0.2) is 0 Å². The van der Waals surface area contributed by atoms with Crippen LogP contribution in [0.1, 0.15) is 0 Å². The van der Waals surface area contributed by atoms with Crippen molar-refractivity contribution in [3.05, 3.63) is 85.2 Å². The van der Waals surface area contributed by atoms with Gasteiger partial charge in [-0.15, -0.1) is 11.3 Å². The fourth-order valence-electron chi connectivity index (χ4n) is 3.24. The topological polar surface area (TPSA) is 25.8 Å². The summed E-state index contributed by atoms with van der Waals surface area (Å²) >= 11 is 1.85. The maximum absolute atomic E-state index is 4.04. The third-order valence-corrected chi connectivity index (χ3v) is 5.77. The van der Waals surface area contributed by atoms with E-state index < -0.39 is 0 Å². The molecule has 0 unspecified atom stereocenters. The Hall–Kier alpha value is -3.04. The fourth-order valence-corrected chi connectivity index (χ4v) is 4.51. The molecular formula is C22H14N2S. The van der Waals surface area contributed by atoms with Crippen molar-refractivity contribution in [2.45, 2.75) is 0 Å². The minimum atomic E-state index is 1.12. The third-order valence-electron chi connectivity index (χ3n) is 4.45. The van der Waals surface area contributed by atoms with Crippen molar-refractivity contribution in [1.82, 2.24) is 10.2 Å². The highest BCUT2D eigenvalue weighted by Crippen LogP contribution is 2.45. The molecule has 2 nitrogen and oxygen atoms in total. The largest absolute Gasteiger partial charge is 0.158 e. The molecule has 0 radical (unpaired) electrons. The molecule has 5 rings (SSSR count). The van der Waals surface area contributed by atoms with E-state index in [0.717, 1.165) is 10.8 Å². The van der Waals surface area contributed by atoms with E-state index in [-0.39, 0.29) is 0 Å². The standard InChI is InChI=1S/C22H14N2S/c1-3-7-15(8-4-1)21-19-11-17-13-23-24-14-18(17)12-20(19)22(25-21)16-9-5-2-6-10-16/h1-14H. The Morgan fingerprint density at radius 3 is 1.44 bits per heavy atom. The van der Waals surface area contributed by atoms with E-state index >= 15 is 0 Å². The second-order valence-electron chi connectivity index (χ2n) is 6.01. The van der Waals surface area contributed by atoms with Crippen LogP contribution in [0.15, 0.2) is 85.2 Å². The minimum Gasteiger partial charge on any atom is -0.158 e. The predicted molar refractivity (Wildman–Crippen MR) is 106 cm³/mol. The molecule has 0 saturated carbocycles. The molecule has 0 aliphatic rings. The number of fused-ring (bicyclic) bond motifs is 2. The van der Waals surface area contributed by atoms with E-state index in [0.29, 0.717) is 0 Å². The van der Waals surface area contributed by atoms with Crippen LogP contribution >= 0.6 is 11.3 Å². The van der Waals surface area contributed by atoms with E-state index in [1.54, 1.807) is 0 Å². The first-order valence-electron chi connectivity index (χ1n) is 8.18. The Morgan fingerprint density at radius 2 is 1.00 bits per heavy atom. The summed E-state index contributed by atoms with van der Waals surface area (Å²) in [4.78, 5) is 2.60. The molecule has 3 heteroatoms. The van der Waals surface area contributed by atoms with Gasteiger partial charge in [-0.2, -0.15) is 10.2 Å². The molecule has 0 aliphatic heterocycles. The first-order chi connectivity index (χ1) is 12.4. The van der Waals surface area contributed by atoms with Crippen LogP contribution in [0, 0.1) is 0 Å². The quantitative estimate of drug-likeness (QED) is 0.384. The number of nitrogens with zero attached hydrogens (tertiary/aromatic N) is 2. The molecule has 2 aromatic heterocycles. The van der Waals surface area contributed by atoms with Gasteiger partial charge >= 0.3 is 0 Å². The molecule has 0 bridgehead atoms. The van der Waals surface area contributed by atoms with E-state index in [9.17, 15) is 0 Å². The summed E-state index contributed by atoms with van der Waals surface area (Å²) < 4.78 is 0. The Balaban J connectivity index is 1.89. The van der Waals surface area contributed by atoms with Crippen molar-refractivity contribution >= 4 is 32.9 Å². The fraction of sp³-hybridized carbons (Fsp3) is 0. The Bertz CT molecular complexity index is 1090. The average molecular weight is 338 g/mol. The summed E-state index contributed by atoms with van der Waals surface area (Å²) in [6.07, 6.45) is 3.67. The smallest absolute Gasteiger partial charge is 0.0574 e. The lowest BCUT2D eigenvalue weighted by atomic mass is 10.0. The molecule has 118 valence electrons. The van der Waals surface area contributed by atoms with Gasteiger partial charge in [-0.3, -0.25) is 0 Å². The van der Waals surface area contributed by atoms with Crippen molar-refractivity contribution in [2.24, 2.45) is 0 Å². The lowest BCUT2D eigenvalue weighted by molar-refractivity contribution is 1.05. The summed E-state index contributed by atoms with van der Waals surface area (Å²) in [6, 6.07) is 25.7. The third kappa shape index (κ3) is 2.41. The Morgan fingerprint density at radius 1 is 0.560 bits per heavy atom. The molecule has 25 heavy (non-hydrogen) atoms. The number of hydrogen-bond acceptors (Lipinski definition) is 3. The molecule has 0 spiro atoms. The monoisotopic (exact) mass is 338 g/mol. The number of hydrogen-bond donors (Lipinski definition) is 0. The Labute approximate surface area is 149 Å². The van der Waals surface area contributed by atoms with E-state index in [1.165, 1.54) is 31.7 Å². The zero-order chi connectivity index (χ0) is 16.6. The molecule has 3 aromatic carbocycles. The summed E-state index contributed by atoms with van der Waals surface area (Å²) in [5, 5.41) is 12.9. The molecule has 2 heterocycles. The summed E-state index contributed by atoms with van der Waals surface area (Å²) in [7, 11) is 0. The number of rotatable bonds is 2. The first-order valence-corrected chi connectivity index (χ1v) is 8.99. The highest BCUT2D eigenvalue weighted by molar-refractivity contribution is 7.21. The first kappa shape index (κ1) is 14.3. The van der Waals surface area contributed by atoms with Crippen molar-refractivity contribution in [3.8, 4) is 20.9 Å². The van der Waals surface area contributed by atoms with Gasteiger partial charge in [0, 0.05) is 31.3 Å². The predicted octanol–water partition coefficient (Wildman–Crippen LogP) is 6.18. The van der Waals surface area contributed by atoms with Gasteiger partial charge in [-0.1, -0.05) is 60.7 Å². The van der Waals surface area contributed by atoms with Crippen molar-refractivity contribution < 1.29 is 0 Å². The van der Waals surface area contributed by atoms with Gasteiger partial charge in [0.25, 0.3) is 0 Å². The average Bonchev–Trinajstić information content (AvgIpc) is 3.06. The minimum absolute atomic E-state index is 1.12. The molecular weight excluding hydrogens is 324 g/mol. The van der Waals surface area contributed by atoms with E-state index in [1.807, 2.05) is 23.7 Å². The summed E-state index contributed by atoms with van der Waals surface area (Å²) in [5.41, 5.74) is 2.50. The van der Waals surface area contributed by atoms with Crippen LogP contribution < -0.4 is 0 Å². The van der Waals surface area contributed by atoms with Crippen LogP contribution in [0.25, 0.3) is 42.4 Å². The van der Waals surface area contributed by atoms with Gasteiger partial charge < -0.3 is 0 Å². The van der Waals surface area contributed by atoms with Crippen LogP contribution in [0.5, 0.6) is 0 Å². The summed E-state index contributed by atoms with van der Waals surface area (Å²) in [6.45, 7) is 0. The van der Waals surface area contributed by atoms with Crippen molar-refractivity contribution in [3.63, 3.8) is 0 Å². The lowest BCUT2D eigenvalue weighted by Gasteiger charge is -2.02. The molecule has 0 N–H and O–H groups in total. The van der Waals surface area contributed by atoms with Gasteiger partial charge in [0.1, 0.15) is 0 Å². The normalized spacial score (nSPS) is 11.2. The van der Waals surface area contributed by atoms with Crippen LogP contribution in [0.2, 0.25) is 0 Å². The summed E-state index contributed by atoms with van der Waals surface area (Å²) in [5.74, 6) is 0. The van der Waals surface area contributed by atoms with Gasteiger partial charge in [-0.05, 0) is 23.3 Å². The highest BCUT2D eigenvalue weighted by atomic mass is 32.1. The van der Waals surface area contributed by atoms with Crippen molar-refractivity contribution in [1.29, 1.82) is 0 Å². The molecule has 0 fully saturated rings. The van der Waals surface area contributed by atoms with Crippen LogP contribution in [0.4, 0.5) is 0 Å². The lowest BCUT2D eigenvalue weighted by Crippen LogP contribution is -1.81. The second kappa shape index (κ2) is 5.80. The molecule has 0 atom stereocenters. The number of thiophene rings is 1. The van der Waals surface area contributed by atoms with Gasteiger partial charge in [0.2, 0.25) is 0 Å². The maximum atomic E-state index is 4.04. The molecule has 5 aromatic rings. The molecule has 0 aliphatic carbocycles. The zero-order valence-electron chi connectivity index (χ0n) is 13.4. The number of aromatic nitrogens is 2. The highest BCUT2D eigenvalue weighted by Gasteiger charge is 2.15. The van der Waals surface area contributed by atoms with Gasteiger partial charge in [0.05, 0.1) is 12.4 Å². The second-order valence-corrected chi connectivity index (χ2v) is 7.03. The zero-order valence-corrected chi connectivity index (χ0v) is 14.2. The van der Waals surface area contributed by atoms with Crippen molar-refractivity contribution in [2.75, 3.05) is 0 Å². The number of benzene rings is 3. The van der Waals surface area contributed by atoms with Crippen LogP contribution in [0.3, 0.4) is 0 Å². The molecule has 0 amide bonds. The Kier molecular flexibility index (Phi) is 3.32.